The van der Waals surface area contributed by atoms with Gasteiger partial charge >= 0.3 is 13.6 Å². The maximum Gasteiger partial charge on any atom is 0.358 e. The predicted octanol–water partition coefficient (Wildman–Crippen LogP) is -0.230. The van der Waals surface area contributed by atoms with Crippen LogP contribution in [0.5, 0.6) is 0 Å². The average molecular weight is 217 g/mol. The smallest absolute Gasteiger partial charge is 0.358 e. The third kappa shape index (κ3) is 2.11. The summed E-state index contributed by atoms with van der Waals surface area (Å²) in [4.78, 5) is 28.1. The number of carboxylic acid groups (broad SMARTS) is 1. The lowest BCUT2D eigenvalue weighted by Gasteiger charge is -2.07. The second-order valence-electron chi connectivity index (χ2n) is 2.62. The third-order valence-electron chi connectivity index (χ3n) is 1.59. The Labute approximate surface area is 79.1 Å². The van der Waals surface area contributed by atoms with Crippen molar-refractivity contribution in [2.24, 2.45) is 0 Å². The lowest BCUT2D eigenvalue weighted by atomic mass is 10.2. The van der Waals surface area contributed by atoms with Crippen LogP contribution < -0.4 is 11.0 Å². The summed E-state index contributed by atoms with van der Waals surface area (Å²) < 4.78 is 10.9. The molecule has 0 fully saturated rings. The summed E-state index contributed by atoms with van der Waals surface area (Å²) in [5, 5.41) is 8.11. The maximum absolute atomic E-state index is 10.9. The van der Waals surface area contributed by atoms with Crippen molar-refractivity contribution in [3.63, 3.8) is 0 Å². The Morgan fingerprint density at radius 3 is 2.36 bits per heavy atom. The molecule has 0 unspecified atom stereocenters. The molecule has 1 aromatic carbocycles. The van der Waals surface area contributed by atoms with Crippen LogP contribution in [-0.4, -0.2) is 20.9 Å². The summed E-state index contributed by atoms with van der Waals surface area (Å²) in [6.07, 6.45) is 0. The van der Waals surface area contributed by atoms with Crippen molar-refractivity contribution >= 4 is 24.6 Å². The second kappa shape index (κ2) is 3.42. The minimum atomic E-state index is -4.51. The molecule has 0 bridgehead atoms. The van der Waals surface area contributed by atoms with Gasteiger partial charge in [-0.15, -0.1) is 0 Å². The van der Waals surface area contributed by atoms with Crippen molar-refractivity contribution in [2.75, 3.05) is 5.73 Å². The van der Waals surface area contributed by atoms with Crippen LogP contribution in [0.2, 0.25) is 0 Å². The summed E-state index contributed by atoms with van der Waals surface area (Å²) in [5.41, 5.74) is 4.96. The standard InChI is InChI=1S/C7H8NO5P/c8-5-2-1-4(7(9)10)3-6(5)14(11,12)13/h1-3H,8H2,(H,9,10)(H2,11,12,13). The number of benzene rings is 1. The molecule has 5 N–H and O–H groups in total. The van der Waals surface area contributed by atoms with Gasteiger partial charge in [0.05, 0.1) is 10.9 Å². The highest BCUT2D eigenvalue weighted by Gasteiger charge is 2.21. The van der Waals surface area contributed by atoms with Gasteiger partial charge in [0.2, 0.25) is 0 Å². The molecule has 1 aromatic rings. The monoisotopic (exact) mass is 217 g/mol. The maximum atomic E-state index is 10.9. The first-order valence-electron chi connectivity index (χ1n) is 3.51. The van der Waals surface area contributed by atoms with E-state index in [4.69, 9.17) is 20.6 Å². The molecule has 0 spiro atoms. The third-order valence-corrected chi connectivity index (χ3v) is 2.61. The molecule has 76 valence electrons. The molecule has 7 heteroatoms. The van der Waals surface area contributed by atoms with Crippen LogP contribution in [-0.2, 0) is 4.57 Å². The van der Waals surface area contributed by atoms with Gasteiger partial charge in [0.15, 0.2) is 0 Å². The van der Waals surface area contributed by atoms with E-state index in [1.165, 1.54) is 6.07 Å². The molecule has 0 aliphatic heterocycles. The predicted molar refractivity (Wildman–Crippen MR) is 49.5 cm³/mol. The number of aromatic carboxylic acids is 1. The average Bonchev–Trinajstić information content (AvgIpc) is 2.02. The highest BCUT2D eigenvalue weighted by atomic mass is 31.2. The molecule has 0 atom stereocenters. The molecular weight excluding hydrogens is 209 g/mol. The highest BCUT2D eigenvalue weighted by molar-refractivity contribution is 7.60. The first-order chi connectivity index (χ1) is 6.32. The number of hydrogen-bond donors (Lipinski definition) is 4. The Balaban J connectivity index is 3.36. The summed E-state index contributed by atoms with van der Waals surface area (Å²) in [6, 6.07) is 3.20. The first kappa shape index (κ1) is 10.7. The molecule has 14 heavy (non-hydrogen) atoms. The van der Waals surface area contributed by atoms with Crippen LogP contribution >= 0.6 is 7.60 Å². The molecule has 6 nitrogen and oxygen atoms in total. The van der Waals surface area contributed by atoms with E-state index in [-0.39, 0.29) is 11.3 Å². The molecule has 0 saturated carbocycles. The zero-order valence-corrected chi connectivity index (χ0v) is 7.81. The number of hydrogen-bond acceptors (Lipinski definition) is 3. The van der Waals surface area contributed by atoms with Gasteiger partial charge in [0.25, 0.3) is 0 Å². The van der Waals surface area contributed by atoms with Gasteiger partial charge in [-0.2, -0.15) is 0 Å². The van der Waals surface area contributed by atoms with Crippen molar-refractivity contribution in [3.05, 3.63) is 23.8 Å². The quantitative estimate of drug-likeness (QED) is 0.401. The molecule has 0 aliphatic rings. The number of nitrogens with two attached hydrogens (primary N) is 1. The van der Waals surface area contributed by atoms with Gasteiger partial charge in [0, 0.05) is 5.69 Å². The second-order valence-corrected chi connectivity index (χ2v) is 4.19. The van der Waals surface area contributed by atoms with Crippen LogP contribution in [0.4, 0.5) is 5.69 Å². The SMILES string of the molecule is Nc1ccc(C(=O)O)cc1P(=O)(O)O. The van der Waals surface area contributed by atoms with Crippen LogP contribution in [0.1, 0.15) is 10.4 Å². The topological polar surface area (TPSA) is 121 Å². The van der Waals surface area contributed by atoms with Gasteiger partial charge in [-0.3, -0.25) is 4.57 Å². The van der Waals surface area contributed by atoms with Crippen molar-refractivity contribution in [1.29, 1.82) is 0 Å². The molecule has 1 rings (SSSR count). The van der Waals surface area contributed by atoms with E-state index >= 15 is 0 Å². The minimum Gasteiger partial charge on any atom is -0.478 e. The van der Waals surface area contributed by atoms with Gasteiger partial charge < -0.3 is 20.6 Å². The fourth-order valence-electron chi connectivity index (χ4n) is 0.929. The van der Waals surface area contributed by atoms with Crippen molar-refractivity contribution in [1.82, 2.24) is 0 Å². The number of rotatable bonds is 2. The Kier molecular flexibility index (Phi) is 2.62. The molecule has 0 aliphatic carbocycles. The van der Waals surface area contributed by atoms with Gasteiger partial charge in [-0.1, -0.05) is 0 Å². The number of anilines is 1. The van der Waals surface area contributed by atoms with E-state index in [1.54, 1.807) is 0 Å². The lowest BCUT2D eigenvalue weighted by Crippen LogP contribution is -2.13. The molecule has 0 aromatic heterocycles. The summed E-state index contributed by atoms with van der Waals surface area (Å²) in [7, 11) is -4.51. The Bertz CT molecular complexity index is 424. The normalized spacial score (nSPS) is 11.3. The van der Waals surface area contributed by atoms with Crippen molar-refractivity contribution in [2.45, 2.75) is 0 Å². The molecular formula is C7H8NO5P. The summed E-state index contributed by atoms with van der Waals surface area (Å²) in [5.74, 6) is -1.26. The fourth-order valence-corrected chi connectivity index (χ4v) is 1.65. The van der Waals surface area contributed by atoms with E-state index in [9.17, 15) is 9.36 Å². The van der Waals surface area contributed by atoms with Crippen molar-refractivity contribution in [3.8, 4) is 0 Å². The molecule has 0 heterocycles. The zero-order valence-electron chi connectivity index (χ0n) is 6.91. The van der Waals surface area contributed by atoms with Gasteiger partial charge in [-0.05, 0) is 18.2 Å². The van der Waals surface area contributed by atoms with E-state index in [2.05, 4.69) is 0 Å². The Hall–Kier alpha value is -1.36. The van der Waals surface area contributed by atoms with Crippen LogP contribution in [0.15, 0.2) is 18.2 Å². The molecule has 0 amide bonds. The molecule has 0 saturated heterocycles. The van der Waals surface area contributed by atoms with Gasteiger partial charge in [-0.25, -0.2) is 4.79 Å². The lowest BCUT2D eigenvalue weighted by molar-refractivity contribution is 0.0697. The Morgan fingerprint density at radius 2 is 1.93 bits per heavy atom. The van der Waals surface area contributed by atoms with Crippen LogP contribution in [0.25, 0.3) is 0 Å². The number of nitrogen functional groups attached to an aromatic ring is 1. The number of carbonyl (C=O) groups is 1. The molecule has 0 radical (unpaired) electrons. The highest BCUT2D eigenvalue weighted by Crippen LogP contribution is 2.35. The van der Waals surface area contributed by atoms with E-state index in [1.807, 2.05) is 0 Å². The van der Waals surface area contributed by atoms with E-state index < -0.39 is 18.9 Å². The first-order valence-corrected chi connectivity index (χ1v) is 5.12. The zero-order chi connectivity index (χ0) is 10.9. The van der Waals surface area contributed by atoms with E-state index in [0.29, 0.717) is 0 Å². The van der Waals surface area contributed by atoms with Gasteiger partial charge in [0.1, 0.15) is 0 Å². The Morgan fingerprint density at radius 1 is 1.36 bits per heavy atom. The largest absolute Gasteiger partial charge is 0.478 e. The summed E-state index contributed by atoms with van der Waals surface area (Å²) in [6.45, 7) is 0. The summed E-state index contributed by atoms with van der Waals surface area (Å²) >= 11 is 0. The van der Waals surface area contributed by atoms with Crippen LogP contribution in [0.3, 0.4) is 0 Å². The van der Waals surface area contributed by atoms with Crippen molar-refractivity contribution < 1.29 is 24.3 Å². The van der Waals surface area contributed by atoms with E-state index in [0.717, 1.165) is 12.1 Å². The van der Waals surface area contributed by atoms with Crippen LogP contribution in [0, 0.1) is 0 Å². The minimum absolute atomic E-state index is 0.122. The number of carboxylic acids is 1. The fraction of sp³-hybridized carbons (Fsp3) is 0.